The van der Waals surface area contributed by atoms with Crippen LogP contribution in [-0.4, -0.2) is 27.2 Å². The van der Waals surface area contributed by atoms with Crippen molar-refractivity contribution in [2.45, 2.75) is 33.0 Å². The van der Waals surface area contributed by atoms with E-state index in [1.807, 2.05) is 13.8 Å². The van der Waals surface area contributed by atoms with E-state index in [4.69, 9.17) is 0 Å². The summed E-state index contributed by atoms with van der Waals surface area (Å²) in [5.74, 6) is 0.266. The first-order chi connectivity index (χ1) is 10.6. The highest BCUT2D eigenvalue weighted by Gasteiger charge is 2.13. The molecule has 22 heavy (non-hydrogen) atoms. The molecule has 2 aromatic rings. The van der Waals surface area contributed by atoms with Crippen molar-refractivity contribution in [2.24, 2.45) is 0 Å². The van der Waals surface area contributed by atoms with Crippen LogP contribution in [-0.2, 0) is 17.9 Å². The van der Waals surface area contributed by atoms with Gasteiger partial charge in [0.1, 0.15) is 18.0 Å². The molecule has 0 radical (unpaired) electrons. The van der Waals surface area contributed by atoms with Gasteiger partial charge >= 0.3 is 0 Å². The van der Waals surface area contributed by atoms with Crippen LogP contribution in [0.25, 0.3) is 0 Å². The number of nitrogens with zero attached hydrogens (tertiary/aromatic N) is 3. The smallest absolute Gasteiger partial charge is 0.234 e. The summed E-state index contributed by atoms with van der Waals surface area (Å²) in [5, 5.41) is 9.86. The molecule has 2 rings (SSSR count). The third kappa shape index (κ3) is 4.11. The van der Waals surface area contributed by atoms with Crippen molar-refractivity contribution in [1.82, 2.24) is 25.4 Å². The molecule has 118 valence electrons. The number of hydrogen-bond acceptors (Lipinski definition) is 4. The van der Waals surface area contributed by atoms with Crippen LogP contribution in [0.2, 0.25) is 0 Å². The molecule has 0 aliphatic carbocycles. The van der Waals surface area contributed by atoms with E-state index in [1.54, 1.807) is 22.9 Å². The van der Waals surface area contributed by atoms with Gasteiger partial charge in [-0.3, -0.25) is 10.1 Å². The zero-order valence-corrected chi connectivity index (χ0v) is 12.7. The second kappa shape index (κ2) is 7.65. The maximum Gasteiger partial charge on any atom is 0.234 e. The van der Waals surface area contributed by atoms with E-state index in [-0.39, 0.29) is 30.9 Å². The number of benzene rings is 1. The summed E-state index contributed by atoms with van der Waals surface area (Å²) < 4.78 is 15.2. The maximum atomic E-state index is 13.4. The summed E-state index contributed by atoms with van der Waals surface area (Å²) in [4.78, 5) is 16.0. The zero-order chi connectivity index (χ0) is 15.9. The van der Waals surface area contributed by atoms with Gasteiger partial charge < -0.3 is 5.32 Å². The molecule has 0 unspecified atom stereocenters. The Balaban J connectivity index is 1.79. The molecule has 0 fully saturated rings. The Morgan fingerprint density at radius 1 is 1.41 bits per heavy atom. The molecule has 1 atom stereocenters. The fraction of sp³-hybridized carbons (Fsp3) is 0.400. The third-order valence-corrected chi connectivity index (χ3v) is 3.33. The van der Waals surface area contributed by atoms with Crippen molar-refractivity contribution in [2.75, 3.05) is 6.54 Å². The van der Waals surface area contributed by atoms with Gasteiger partial charge in [0.15, 0.2) is 0 Å². The molecular weight excluding hydrogens is 285 g/mol. The summed E-state index contributed by atoms with van der Waals surface area (Å²) >= 11 is 0. The van der Waals surface area contributed by atoms with Crippen molar-refractivity contribution < 1.29 is 9.18 Å². The van der Waals surface area contributed by atoms with E-state index in [0.717, 1.165) is 12.4 Å². The van der Waals surface area contributed by atoms with Crippen LogP contribution < -0.4 is 10.6 Å². The van der Waals surface area contributed by atoms with Gasteiger partial charge in [-0.05, 0) is 19.9 Å². The fourth-order valence-corrected chi connectivity index (χ4v) is 2.09. The Labute approximate surface area is 128 Å². The molecule has 1 aromatic heterocycles. The Kier molecular flexibility index (Phi) is 5.60. The topological polar surface area (TPSA) is 71.8 Å². The molecule has 7 heteroatoms. The number of amides is 1. The van der Waals surface area contributed by atoms with Crippen LogP contribution >= 0.6 is 0 Å². The maximum absolute atomic E-state index is 13.4. The normalized spacial score (nSPS) is 12.1. The van der Waals surface area contributed by atoms with Gasteiger partial charge in [-0.1, -0.05) is 18.2 Å². The van der Waals surface area contributed by atoms with Gasteiger partial charge in [0, 0.05) is 18.7 Å². The second-order valence-corrected chi connectivity index (χ2v) is 4.90. The number of carbonyl (C=O) groups is 1. The molecule has 2 N–H and O–H groups in total. The van der Waals surface area contributed by atoms with Crippen LogP contribution in [0.3, 0.4) is 0 Å². The van der Waals surface area contributed by atoms with Gasteiger partial charge in [-0.15, -0.1) is 0 Å². The highest BCUT2D eigenvalue weighted by atomic mass is 19.1. The monoisotopic (exact) mass is 305 g/mol. The molecule has 1 aromatic carbocycles. The van der Waals surface area contributed by atoms with Gasteiger partial charge in [-0.2, -0.15) is 5.10 Å². The number of rotatable bonds is 7. The minimum absolute atomic E-state index is 0.0957. The molecule has 0 saturated carbocycles. The summed E-state index contributed by atoms with van der Waals surface area (Å²) in [6.45, 7) is 4.92. The number of halogens is 1. The second-order valence-electron chi connectivity index (χ2n) is 4.90. The van der Waals surface area contributed by atoms with E-state index in [1.165, 1.54) is 12.4 Å². The molecule has 1 heterocycles. The average Bonchev–Trinajstić information content (AvgIpc) is 3.00. The lowest BCUT2D eigenvalue weighted by molar-refractivity contribution is -0.120. The molecule has 1 amide bonds. The first-order valence-electron chi connectivity index (χ1n) is 7.23. The van der Waals surface area contributed by atoms with Gasteiger partial charge in [0.2, 0.25) is 5.91 Å². The van der Waals surface area contributed by atoms with Crippen molar-refractivity contribution in [3.63, 3.8) is 0 Å². The van der Waals surface area contributed by atoms with Gasteiger partial charge in [-0.25, -0.2) is 14.1 Å². The van der Waals surface area contributed by atoms with Crippen LogP contribution in [0, 0.1) is 5.82 Å². The summed E-state index contributed by atoms with van der Waals surface area (Å²) in [6.07, 6.45) is 1.50. The van der Waals surface area contributed by atoms with Crippen LogP contribution in [0.5, 0.6) is 0 Å². The van der Waals surface area contributed by atoms with Gasteiger partial charge in [0.05, 0.1) is 12.6 Å². The lowest BCUT2D eigenvalue weighted by Crippen LogP contribution is -2.35. The van der Waals surface area contributed by atoms with E-state index in [9.17, 15) is 9.18 Å². The summed E-state index contributed by atoms with van der Waals surface area (Å²) in [7, 11) is 0. The standard InChI is InChI=1S/C15H20FN5O/c1-3-21-15(19-10-20-21)11(2)17-9-14(22)18-8-12-6-4-5-7-13(12)16/h4-7,10-11,17H,3,8-9H2,1-2H3,(H,18,22)/t11-/m1/s1. The number of carbonyl (C=O) groups excluding carboxylic acids is 1. The Hall–Kier alpha value is -2.28. The first-order valence-corrected chi connectivity index (χ1v) is 7.23. The predicted octanol–water partition coefficient (Wildman–Crippen LogP) is 1.40. The highest BCUT2D eigenvalue weighted by Crippen LogP contribution is 2.08. The fourth-order valence-electron chi connectivity index (χ4n) is 2.09. The van der Waals surface area contributed by atoms with Crippen molar-refractivity contribution in [3.05, 3.63) is 47.8 Å². The lowest BCUT2D eigenvalue weighted by atomic mass is 10.2. The molecule has 0 saturated heterocycles. The summed E-state index contributed by atoms with van der Waals surface area (Å²) in [6, 6.07) is 6.28. The van der Waals surface area contributed by atoms with Crippen molar-refractivity contribution in [3.8, 4) is 0 Å². The minimum atomic E-state index is -0.319. The quantitative estimate of drug-likeness (QED) is 0.811. The molecule has 6 nitrogen and oxygen atoms in total. The summed E-state index contributed by atoms with van der Waals surface area (Å²) in [5.41, 5.74) is 0.467. The first kappa shape index (κ1) is 16.1. The zero-order valence-electron chi connectivity index (χ0n) is 12.7. The molecular formula is C15H20FN5O. The lowest BCUT2D eigenvalue weighted by Gasteiger charge is -2.14. The Bertz CT molecular complexity index is 628. The minimum Gasteiger partial charge on any atom is -0.351 e. The van der Waals surface area contributed by atoms with Crippen molar-refractivity contribution >= 4 is 5.91 Å². The SMILES string of the molecule is CCn1ncnc1[C@@H](C)NCC(=O)NCc1ccccc1F. The molecule has 0 bridgehead atoms. The van der Waals surface area contributed by atoms with E-state index in [2.05, 4.69) is 20.7 Å². The number of aryl methyl sites for hydroxylation is 1. The van der Waals surface area contributed by atoms with Crippen LogP contribution in [0.4, 0.5) is 4.39 Å². The molecule has 0 spiro atoms. The average molecular weight is 305 g/mol. The van der Waals surface area contributed by atoms with Crippen molar-refractivity contribution in [1.29, 1.82) is 0 Å². The van der Waals surface area contributed by atoms with Crippen LogP contribution in [0.15, 0.2) is 30.6 Å². The molecule has 0 aliphatic rings. The van der Waals surface area contributed by atoms with E-state index < -0.39 is 0 Å². The largest absolute Gasteiger partial charge is 0.351 e. The highest BCUT2D eigenvalue weighted by molar-refractivity contribution is 5.78. The third-order valence-electron chi connectivity index (χ3n) is 3.33. The van der Waals surface area contributed by atoms with E-state index >= 15 is 0 Å². The Morgan fingerprint density at radius 3 is 2.91 bits per heavy atom. The molecule has 0 aliphatic heterocycles. The van der Waals surface area contributed by atoms with Crippen LogP contribution in [0.1, 0.15) is 31.3 Å². The predicted molar refractivity (Wildman–Crippen MR) is 80.4 cm³/mol. The van der Waals surface area contributed by atoms with Gasteiger partial charge in [0.25, 0.3) is 0 Å². The number of aromatic nitrogens is 3. The Morgan fingerprint density at radius 2 is 2.18 bits per heavy atom. The number of hydrogen-bond donors (Lipinski definition) is 2. The number of nitrogens with one attached hydrogen (secondary N) is 2. The van der Waals surface area contributed by atoms with E-state index in [0.29, 0.717) is 5.56 Å².